The summed E-state index contributed by atoms with van der Waals surface area (Å²) in [6.07, 6.45) is 0. The molecule has 0 unspecified atom stereocenters. The maximum Gasteiger partial charge on any atom is 0.0465 e. The molecule has 1 heteroatoms. The lowest BCUT2D eigenvalue weighted by atomic mass is 9.55. The Balaban J connectivity index is 1.34. The third-order valence-electron chi connectivity index (χ3n) is 11.2. The van der Waals surface area contributed by atoms with Gasteiger partial charge in [-0.2, -0.15) is 0 Å². The maximum atomic E-state index is 2.46. The molecule has 0 aliphatic heterocycles. The fourth-order valence-electron chi connectivity index (χ4n) is 8.02. The second-order valence-corrected chi connectivity index (χ2v) is 14.3. The first kappa shape index (κ1) is 27.0. The van der Waals surface area contributed by atoms with Gasteiger partial charge in [0.15, 0.2) is 0 Å². The van der Waals surface area contributed by atoms with Crippen LogP contribution in [-0.4, -0.2) is 0 Å². The number of fused-ring (bicyclic) bond motifs is 8. The first-order chi connectivity index (χ1) is 21.1. The molecule has 6 aromatic rings. The van der Waals surface area contributed by atoms with Gasteiger partial charge in [-0.25, -0.2) is 0 Å². The number of hydrogen-bond donors (Lipinski definition) is 0. The average molecular weight is 570 g/mol. The van der Waals surface area contributed by atoms with Crippen molar-refractivity contribution in [2.75, 3.05) is 4.90 Å². The fourth-order valence-corrected chi connectivity index (χ4v) is 8.02. The van der Waals surface area contributed by atoms with E-state index in [9.17, 15) is 0 Å². The standard InChI is InChI=1S/C43H39N/c1-41(2)37-25-20-28-14-10-11-17-32(28)40(37)35-24-22-30(26-38(35)41)44(29-15-8-7-9-16-29)31-21-23-34-33-18-12-13-19-36(33)42(3,4)43(5,6)39(34)27-31/h7-27H,1-6H3. The molecule has 0 fully saturated rings. The molecule has 8 rings (SSSR count). The van der Waals surface area contributed by atoms with Gasteiger partial charge >= 0.3 is 0 Å². The van der Waals surface area contributed by atoms with E-state index in [0.717, 1.165) is 0 Å². The predicted octanol–water partition coefficient (Wildman–Crippen LogP) is 11.9. The largest absolute Gasteiger partial charge is 0.310 e. The SMILES string of the molecule is CC1(C)c2cc(N(c3ccccc3)c3ccc4c(c3)C(C)(C)C(C)(C)c3ccccc3-4)ccc2-c2c1ccc1ccccc21. The Kier molecular flexibility index (Phi) is 5.63. The van der Waals surface area contributed by atoms with Crippen LogP contribution in [0.4, 0.5) is 17.1 Å². The fraction of sp³-hybridized carbons (Fsp3) is 0.209. The average Bonchev–Trinajstić information content (AvgIpc) is 3.27. The lowest BCUT2D eigenvalue weighted by molar-refractivity contribution is 0.299. The second-order valence-electron chi connectivity index (χ2n) is 14.3. The van der Waals surface area contributed by atoms with E-state index in [1.54, 1.807) is 0 Å². The quantitative estimate of drug-likeness (QED) is 0.205. The van der Waals surface area contributed by atoms with E-state index in [0.29, 0.717) is 0 Å². The molecule has 44 heavy (non-hydrogen) atoms. The van der Waals surface area contributed by atoms with Crippen molar-refractivity contribution in [3.8, 4) is 22.3 Å². The third kappa shape index (κ3) is 3.59. The molecule has 2 aliphatic rings. The van der Waals surface area contributed by atoms with E-state index in [-0.39, 0.29) is 16.2 Å². The van der Waals surface area contributed by atoms with Crippen LogP contribution in [0.25, 0.3) is 33.0 Å². The molecule has 0 atom stereocenters. The summed E-state index contributed by atoms with van der Waals surface area (Å²) in [6.45, 7) is 14.4. The molecule has 216 valence electrons. The van der Waals surface area contributed by atoms with Crippen LogP contribution in [0, 0.1) is 0 Å². The Labute approximate surface area is 261 Å². The van der Waals surface area contributed by atoms with E-state index in [1.807, 2.05) is 0 Å². The molecule has 0 bridgehead atoms. The highest BCUT2D eigenvalue weighted by atomic mass is 15.1. The minimum atomic E-state index is -0.0986. The van der Waals surface area contributed by atoms with Crippen molar-refractivity contribution < 1.29 is 0 Å². The highest BCUT2D eigenvalue weighted by Crippen LogP contribution is 2.56. The normalized spacial score (nSPS) is 16.5. The van der Waals surface area contributed by atoms with Crippen LogP contribution in [-0.2, 0) is 16.2 Å². The zero-order valence-corrected chi connectivity index (χ0v) is 26.6. The summed E-state index contributed by atoms with van der Waals surface area (Å²) in [7, 11) is 0. The monoisotopic (exact) mass is 569 g/mol. The van der Waals surface area contributed by atoms with Crippen molar-refractivity contribution in [1.82, 2.24) is 0 Å². The van der Waals surface area contributed by atoms with Crippen LogP contribution in [0.3, 0.4) is 0 Å². The van der Waals surface area contributed by atoms with Gasteiger partial charge in [0.05, 0.1) is 0 Å². The van der Waals surface area contributed by atoms with Crippen LogP contribution in [0.2, 0.25) is 0 Å². The molecule has 0 saturated carbocycles. The first-order valence-electron chi connectivity index (χ1n) is 15.9. The van der Waals surface area contributed by atoms with E-state index in [4.69, 9.17) is 0 Å². The molecular weight excluding hydrogens is 530 g/mol. The molecule has 0 spiro atoms. The van der Waals surface area contributed by atoms with Crippen molar-refractivity contribution in [3.63, 3.8) is 0 Å². The molecule has 1 nitrogen and oxygen atoms in total. The van der Waals surface area contributed by atoms with Gasteiger partial charge in [0.25, 0.3) is 0 Å². The van der Waals surface area contributed by atoms with Crippen molar-refractivity contribution in [2.45, 2.75) is 57.8 Å². The lowest BCUT2D eigenvalue weighted by Crippen LogP contribution is -2.43. The number of anilines is 3. The summed E-state index contributed by atoms with van der Waals surface area (Å²) >= 11 is 0. The molecule has 0 amide bonds. The zero-order valence-electron chi connectivity index (χ0n) is 26.6. The van der Waals surface area contributed by atoms with Gasteiger partial charge in [0, 0.05) is 22.5 Å². The van der Waals surface area contributed by atoms with Crippen LogP contribution in [0.15, 0.2) is 127 Å². The van der Waals surface area contributed by atoms with Gasteiger partial charge in [-0.1, -0.05) is 133 Å². The molecule has 0 N–H and O–H groups in total. The van der Waals surface area contributed by atoms with Crippen molar-refractivity contribution in [3.05, 3.63) is 150 Å². The first-order valence-corrected chi connectivity index (χ1v) is 15.9. The van der Waals surface area contributed by atoms with Crippen molar-refractivity contribution >= 4 is 27.8 Å². The molecule has 0 saturated heterocycles. The third-order valence-corrected chi connectivity index (χ3v) is 11.2. The second kappa shape index (κ2) is 9.19. The molecular formula is C43H39N. The van der Waals surface area contributed by atoms with E-state index >= 15 is 0 Å². The van der Waals surface area contributed by atoms with Gasteiger partial charge in [0.1, 0.15) is 0 Å². The van der Waals surface area contributed by atoms with Crippen LogP contribution >= 0.6 is 0 Å². The van der Waals surface area contributed by atoms with E-state index < -0.39 is 0 Å². The molecule has 6 aromatic carbocycles. The smallest absolute Gasteiger partial charge is 0.0465 e. The van der Waals surface area contributed by atoms with Gasteiger partial charge in [-0.3, -0.25) is 0 Å². The molecule has 0 heterocycles. The van der Waals surface area contributed by atoms with Gasteiger partial charge in [-0.15, -0.1) is 0 Å². The highest BCUT2D eigenvalue weighted by molar-refractivity contribution is 6.03. The summed E-state index contributed by atoms with van der Waals surface area (Å²) in [5.41, 5.74) is 14.4. The minimum Gasteiger partial charge on any atom is -0.310 e. The molecule has 0 radical (unpaired) electrons. The van der Waals surface area contributed by atoms with Gasteiger partial charge in [-0.05, 0) is 103 Å². The maximum absolute atomic E-state index is 2.46. The zero-order chi connectivity index (χ0) is 30.4. The number of hydrogen-bond acceptors (Lipinski definition) is 1. The van der Waals surface area contributed by atoms with E-state index in [2.05, 4.69) is 174 Å². The lowest BCUT2D eigenvalue weighted by Gasteiger charge is -2.48. The Morgan fingerprint density at radius 1 is 0.409 bits per heavy atom. The summed E-state index contributed by atoms with van der Waals surface area (Å²) in [4.78, 5) is 2.45. The Morgan fingerprint density at radius 3 is 1.77 bits per heavy atom. The topological polar surface area (TPSA) is 3.24 Å². The van der Waals surface area contributed by atoms with Crippen LogP contribution < -0.4 is 4.90 Å². The number of benzene rings is 6. The van der Waals surface area contributed by atoms with Crippen molar-refractivity contribution in [1.29, 1.82) is 0 Å². The summed E-state index contributed by atoms with van der Waals surface area (Å²) in [6, 6.07) is 47.5. The Morgan fingerprint density at radius 2 is 1.00 bits per heavy atom. The minimum absolute atomic E-state index is 0.0149. The summed E-state index contributed by atoms with van der Waals surface area (Å²) in [5, 5.41) is 2.63. The Hall–Kier alpha value is -4.62. The molecule has 0 aromatic heterocycles. The van der Waals surface area contributed by atoms with Crippen molar-refractivity contribution in [2.24, 2.45) is 0 Å². The van der Waals surface area contributed by atoms with Crippen LogP contribution in [0.1, 0.15) is 63.8 Å². The van der Waals surface area contributed by atoms with Gasteiger partial charge < -0.3 is 4.90 Å². The van der Waals surface area contributed by atoms with Gasteiger partial charge in [0.2, 0.25) is 0 Å². The highest BCUT2D eigenvalue weighted by Gasteiger charge is 2.46. The summed E-state index contributed by atoms with van der Waals surface area (Å²) < 4.78 is 0. The Bertz CT molecular complexity index is 2090. The molecule has 2 aliphatic carbocycles. The number of para-hydroxylation sites is 1. The number of nitrogens with zero attached hydrogens (tertiary/aromatic N) is 1. The van der Waals surface area contributed by atoms with Crippen LogP contribution in [0.5, 0.6) is 0 Å². The predicted molar refractivity (Wildman–Crippen MR) is 188 cm³/mol. The number of rotatable bonds is 3. The van der Waals surface area contributed by atoms with E-state index in [1.165, 1.54) is 72.3 Å². The summed E-state index contributed by atoms with van der Waals surface area (Å²) in [5.74, 6) is 0.